The van der Waals surface area contributed by atoms with Gasteiger partial charge >= 0.3 is 0 Å². The Kier molecular flexibility index (Phi) is 13.5. The number of benzene rings is 2. The van der Waals surface area contributed by atoms with Gasteiger partial charge in [-0.05, 0) is 127 Å². The van der Waals surface area contributed by atoms with Gasteiger partial charge in [0.1, 0.15) is 0 Å². The number of aliphatic hydroxyl groups excluding tert-OH is 1. The van der Waals surface area contributed by atoms with Gasteiger partial charge in [0, 0.05) is 5.56 Å². The summed E-state index contributed by atoms with van der Waals surface area (Å²) in [5, 5.41) is 11.5. The van der Waals surface area contributed by atoms with Gasteiger partial charge in [0.15, 0.2) is 5.76 Å². The Labute approximate surface area is 240 Å². The van der Waals surface area contributed by atoms with Crippen LogP contribution < -0.4 is 0 Å². The van der Waals surface area contributed by atoms with Gasteiger partial charge < -0.3 is 5.11 Å². The van der Waals surface area contributed by atoms with Gasteiger partial charge in [-0.15, -0.1) is 0 Å². The lowest BCUT2D eigenvalue weighted by molar-refractivity contribution is 0.0978. The summed E-state index contributed by atoms with van der Waals surface area (Å²) < 4.78 is 0. The molecule has 2 rings (SSSR count). The van der Waals surface area contributed by atoms with Gasteiger partial charge in [-0.2, -0.15) is 0 Å². The highest BCUT2D eigenvalue weighted by molar-refractivity contribution is 6.11. The maximum atomic E-state index is 14.3. The third-order valence-corrected chi connectivity index (χ3v) is 9.26. The molecule has 0 fully saturated rings. The monoisotopic (exact) mass is 532 g/mol. The number of aliphatic hydroxyl groups is 1. The highest BCUT2D eigenvalue weighted by Crippen LogP contribution is 2.40. The summed E-state index contributed by atoms with van der Waals surface area (Å²) in [5.41, 5.74) is 7.91. The Bertz CT molecular complexity index is 1080. The van der Waals surface area contributed by atoms with E-state index in [1.807, 2.05) is 0 Å². The van der Waals surface area contributed by atoms with Crippen molar-refractivity contribution < 1.29 is 9.90 Å². The lowest BCUT2D eigenvalue weighted by atomic mass is 9.76. The molecule has 0 saturated heterocycles. The van der Waals surface area contributed by atoms with E-state index in [1.54, 1.807) is 6.08 Å². The second-order valence-corrected chi connectivity index (χ2v) is 11.3. The average molecular weight is 533 g/mol. The second-order valence-electron chi connectivity index (χ2n) is 11.3. The molecule has 0 bridgehead atoms. The number of Topliss-reactive ketones (excluding diaryl/α,β-unsaturated/α-hetero) is 1. The number of carbonyl (C=O) groups excluding carboxylic acids is 1. The molecule has 2 aromatic rings. The first kappa shape index (κ1) is 32.9. The van der Waals surface area contributed by atoms with E-state index in [1.165, 1.54) is 27.8 Å². The molecule has 0 atom stereocenters. The predicted molar refractivity (Wildman–Crippen MR) is 170 cm³/mol. The molecule has 2 heteroatoms. The number of aryl methyl sites for hydroxylation is 1. The lowest BCUT2D eigenvalue weighted by Gasteiger charge is -2.28. The van der Waals surface area contributed by atoms with Crippen molar-refractivity contribution in [3.63, 3.8) is 0 Å². The molecule has 0 spiro atoms. The molecule has 0 saturated carbocycles. The number of ketones is 1. The molecule has 0 unspecified atom stereocenters. The van der Waals surface area contributed by atoms with Crippen LogP contribution >= 0.6 is 0 Å². The minimum atomic E-state index is -0.227. The van der Waals surface area contributed by atoms with Crippen LogP contribution in [0.25, 0.3) is 6.08 Å². The molecular formula is C37H56O2. The SMILES string of the molecule is CCc1ccc(C(CC)CC)c(/C=C(\O)C(=O)c2cc(C(CC)CC)cc(C(CC)CC)c2C(CC)CC)c1. The highest BCUT2D eigenvalue weighted by Gasteiger charge is 2.28. The first-order valence-corrected chi connectivity index (χ1v) is 16.0. The van der Waals surface area contributed by atoms with Crippen LogP contribution in [0.5, 0.6) is 0 Å². The quantitative estimate of drug-likeness (QED) is 0.133. The maximum Gasteiger partial charge on any atom is 0.227 e. The summed E-state index contributed by atoms with van der Waals surface area (Å²) in [5.74, 6) is 1.16. The molecule has 2 nitrogen and oxygen atoms in total. The van der Waals surface area contributed by atoms with Crippen molar-refractivity contribution in [2.24, 2.45) is 0 Å². The summed E-state index contributed by atoms with van der Waals surface area (Å²) in [6.07, 6.45) is 10.9. The van der Waals surface area contributed by atoms with Crippen molar-refractivity contribution in [3.05, 3.63) is 75.0 Å². The Morgan fingerprint density at radius 3 is 1.67 bits per heavy atom. The topological polar surface area (TPSA) is 37.3 Å². The minimum absolute atomic E-state index is 0.139. The molecule has 1 N–H and O–H groups in total. The third kappa shape index (κ3) is 7.65. The van der Waals surface area contributed by atoms with Crippen LogP contribution in [0.4, 0.5) is 0 Å². The fourth-order valence-corrected chi connectivity index (χ4v) is 6.52. The lowest BCUT2D eigenvalue weighted by Crippen LogP contribution is -2.16. The van der Waals surface area contributed by atoms with E-state index in [-0.39, 0.29) is 11.5 Å². The normalized spacial score (nSPS) is 12.4. The van der Waals surface area contributed by atoms with Gasteiger partial charge in [0.25, 0.3) is 0 Å². The second kappa shape index (κ2) is 16.0. The molecule has 2 aromatic carbocycles. The van der Waals surface area contributed by atoms with E-state index in [4.69, 9.17) is 0 Å². The Hall–Kier alpha value is -2.35. The molecule has 216 valence electrons. The summed E-state index contributed by atoms with van der Waals surface area (Å²) >= 11 is 0. The van der Waals surface area contributed by atoms with Crippen LogP contribution in [-0.2, 0) is 6.42 Å². The van der Waals surface area contributed by atoms with E-state index in [0.717, 1.165) is 68.9 Å². The van der Waals surface area contributed by atoms with Gasteiger partial charge in [-0.25, -0.2) is 0 Å². The van der Waals surface area contributed by atoms with E-state index in [0.29, 0.717) is 23.7 Å². The molecule has 0 heterocycles. The molecule has 0 amide bonds. The summed E-state index contributed by atoms with van der Waals surface area (Å²) in [6, 6.07) is 11.1. The summed E-state index contributed by atoms with van der Waals surface area (Å²) in [4.78, 5) is 14.3. The molecule has 0 aromatic heterocycles. The summed E-state index contributed by atoms with van der Waals surface area (Å²) in [6.45, 7) is 20.0. The van der Waals surface area contributed by atoms with Gasteiger partial charge in [0.05, 0.1) is 0 Å². The van der Waals surface area contributed by atoms with Gasteiger partial charge in [0.2, 0.25) is 5.78 Å². The molecule has 0 aliphatic heterocycles. The zero-order valence-corrected chi connectivity index (χ0v) is 26.5. The van der Waals surface area contributed by atoms with Crippen molar-refractivity contribution in [1.82, 2.24) is 0 Å². The van der Waals surface area contributed by atoms with Crippen molar-refractivity contribution in [1.29, 1.82) is 0 Å². The van der Waals surface area contributed by atoms with Crippen LogP contribution in [0, 0.1) is 0 Å². The third-order valence-electron chi connectivity index (χ3n) is 9.26. The molecule has 39 heavy (non-hydrogen) atoms. The van der Waals surface area contributed by atoms with E-state index >= 15 is 0 Å². The van der Waals surface area contributed by atoms with E-state index in [2.05, 4.69) is 92.6 Å². The number of carbonyl (C=O) groups is 1. The zero-order valence-electron chi connectivity index (χ0n) is 26.5. The van der Waals surface area contributed by atoms with Crippen molar-refractivity contribution in [3.8, 4) is 0 Å². The molecule has 0 radical (unpaired) electrons. The number of hydrogen-bond donors (Lipinski definition) is 1. The van der Waals surface area contributed by atoms with Crippen LogP contribution in [0.3, 0.4) is 0 Å². The fourth-order valence-electron chi connectivity index (χ4n) is 6.52. The Balaban J connectivity index is 2.85. The highest BCUT2D eigenvalue weighted by atomic mass is 16.3. The van der Waals surface area contributed by atoms with E-state index < -0.39 is 0 Å². The predicted octanol–water partition coefficient (Wildman–Crippen LogP) is 11.6. The van der Waals surface area contributed by atoms with Crippen LogP contribution in [0.15, 0.2) is 36.1 Å². The first-order chi connectivity index (χ1) is 18.8. The Morgan fingerprint density at radius 2 is 1.18 bits per heavy atom. The fraction of sp³-hybridized carbons (Fsp3) is 0.595. The molecule has 0 aliphatic carbocycles. The van der Waals surface area contributed by atoms with Gasteiger partial charge in [-0.1, -0.05) is 86.6 Å². The van der Waals surface area contributed by atoms with Crippen molar-refractivity contribution in [2.75, 3.05) is 0 Å². The van der Waals surface area contributed by atoms with Crippen LogP contribution in [0.1, 0.15) is 181 Å². The molecular weight excluding hydrogens is 476 g/mol. The smallest absolute Gasteiger partial charge is 0.227 e. The van der Waals surface area contributed by atoms with Crippen molar-refractivity contribution in [2.45, 2.75) is 144 Å². The Morgan fingerprint density at radius 1 is 0.667 bits per heavy atom. The van der Waals surface area contributed by atoms with E-state index in [9.17, 15) is 9.90 Å². The standard InChI is InChI=1S/C37H56O2/c1-10-25-19-20-32(27(13-4)14-5)31(21-25)24-35(38)37(39)34-23-30(26(11-2)12-3)22-33(28(15-6)16-7)36(34)29(17-8)18-9/h19-24,26-29,38H,10-18H2,1-9H3/b35-24-. The minimum Gasteiger partial charge on any atom is -0.504 e. The van der Waals surface area contributed by atoms with Crippen LogP contribution in [-0.4, -0.2) is 10.9 Å². The average Bonchev–Trinajstić information content (AvgIpc) is 2.96. The largest absolute Gasteiger partial charge is 0.504 e. The van der Waals surface area contributed by atoms with Gasteiger partial charge in [-0.3, -0.25) is 4.79 Å². The number of rotatable bonds is 16. The van der Waals surface area contributed by atoms with Crippen molar-refractivity contribution >= 4 is 11.9 Å². The number of hydrogen-bond acceptors (Lipinski definition) is 2. The summed E-state index contributed by atoms with van der Waals surface area (Å²) in [7, 11) is 0. The molecule has 0 aliphatic rings. The first-order valence-electron chi connectivity index (χ1n) is 16.0. The van der Waals surface area contributed by atoms with Crippen LogP contribution in [0.2, 0.25) is 0 Å². The number of allylic oxidation sites excluding steroid dienone is 1. The zero-order chi connectivity index (χ0) is 29.1. The maximum absolute atomic E-state index is 14.3.